The maximum absolute atomic E-state index is 7.96. The molecule has 0 fully saturated rings. The maximum atomic E-state index is 7.96. The summed E-state index contributed by atoms with van der Waals surface area (Å²) in [5.74, 6) is 5.78. The maximum Gasteiger partial charge on any atom is 0.124 e. The van der Waals surface area contributed by atoms with Crippen molar-refractivity contribution < 1.29 is 0 Å². The molecule has 64 valence electrons. The number of azide groups is 1. The van der Waals surface area contributed by atoms with E-state index in [1.807, 2.05) is 0 Å². The Bertz CT molecular complexity index is 394. The van der Waals surface area contributed by atoms with Crippen molar-refractivity contribution in [3.05, 3.63) is 34.3 Å². The van der Waals surface area contributed by atoms with Gasteiger partial charge >= 0.3 is 0 Å². The molecule has 0 aromatic carbocycles. The van der Waals surface area contributed by atoms with E-state index in [1.165, 1.54) is 0 Å². The summed E-state index contributed by atoms with van der Waals surface area (Å²) >= 11 is 0. The molecule has 0 bridgehead atoms. The molecule has 5 nitrogen and oxygen atoms in total. The topological polar surface area (TPSA) is 87.7 Å². The van der Waals surface area contributed by atoms with Crippen LogP contribution in [0.1, 0.15) is 5.69 Å². The van der Waals surface area contributed by atoms with Crippen molar-refractivity contribution in [1.82, 2.24) is 4.98 Å². The minimum atomic E-state index is 0.146. The van der Waals surface area contributed by atoms with E-state index in [0.29, 0.717) is 11.5 Å². The van der Waals surface area contributed by atoms with Gasteiger partial charge in [0.25, 0.3) is 0 Å². The fraction of sp³-hybridized carbons (Fsp3) is 0.125. The van der Waals surface area contributed by atoms with Crippen LogP contribution in [0.15, 0.2) is 23.3 Å². The van der Waals surface area contributed by atoms with Crippen molar-refractivity contribution in [2.75, 3.05) is 12.3 Å². The second-order valence-electron chi connectivity index (χ2n) is 2.14. The Morgan fingerprint density at radius 3 is 3.15 bits per heavy atom. The summed E-state index contributed by atoms with van der Waals surface area (Å²) in [6, 6.07) is 5.18. The van der Waals surface area contributed by atoms with Crippen LogP contribution in [0.4, 0.5) is 5.82 Å². The fourth-order valence-electron chi connectivity index (χ4n) is 0.718. The third-order valence-corrected chi connectivity index (χ3v) is 1.20. The number of hydrogen-bond donors (Lipinski definition) is 1. The molecule has 0 aliphatic rings. The van der Waals surface area contributed by atoms with Gasteiger partial charge in [0.05, 0.1) is 6.54 Å². The van der Waals surface area contributed by atoms with Gasteiger partial charge in [0.15, 0.2) is 0 Å². The highest BCUT2D eigenvalue weighted by atomic mass is 15.1. The highest BCUT2D eigenvalue weighted by Gasteiger charge is 1.87. The van der Waals surface area contributed by atoms with E-state index < -0.39 is 0 Å². The van der Waals surface area contributed by atoms with Gasteiger partial charge < -0.3 is 5.73 Å². The Balaban J connectivity index is 2.71. The molecule has 0 unspecified atom stereocenters. The zero-order valence-electron chi connectivity index (χ0n) is 6.81. The van der Waals surface area contributed by atoms with Gasteiger partial charge in [-0.3, -0.25) is 0 Å². The van der Waals surface area contributed by atoms with Crippen LogP contribution < -0.4 is 5.73 Å². The van der Waals surface area contributed by atoms with Crippen molar-refractivity contribution >= 4 is 5.82 Å². The molecular formula is C8H7N5. The van der Waals surface area contributed by atoms with Crippen LogP contribution in [0.3, 0.4) is 0 Å². The molecule has 5 heteroatoms. The lowest BCUT2D eigenvalue weighted by Crippen LogP contribution is -1.90. The number of nitrogens with zero attached hydrogens (tertiary/aromatic N) is 4. The minimum Gasteiger partial charge on any atom is -0.384 e. The van der Waals surface area contributed by atoms with Crippen LogP contribution in [0.25, 0.3) is 10.4 Å². The van der Waals surface area contributed by atoms with Gasteiger partial charge in [-0.15, -0.1) is 0 Å². The lowest BCUT2D eigenvalue weighted by atomic mass is 10.3. The lowest BCUT2D eigenvalue weighted by Gasteiger charge is -1.90. The van der Waals surface area contributed by atoms with Gasteiger partial charge in [0.2, 0.25) is 0 Å². The first-order valence-corrected chi connectivity index (χ1v) is 3.55. The van der Waals surface area contributed by atoms with Crippen LogP contribution in [-0.2, 0) is 0 Å². The van der Waals surface area contributed by atoms with E-state index >= 15 is 0 Å². The van der Waals surface area contributed by atoms with Crippen molar-refractivity contribution in [3.8, 4) is 11.8 Å². The predicted octanol–water partition coefficient (Wildman–Crippen LogP) is 1.33. The second kappa shape index (κ2) is 4.65. The van der Waals surface area contributed by atoms with E-state index in [0.717, 1.165) is 0 Å². The molecule has 0 saturated carbocycles. The van der Waals surface area contributed by atoms with Crippen molar-refractivity contribution in [2.45, 2.75) is 0 Å². The molecule has 1 aromatic heterocycles. The summed E-state index contributed by atoms with van der Waals surface area (Å²) in [6.07, 6.45) is 0. The number of pyridine rings is 1. The SMILES string of the molecule is [N-]=[N+]=NCC#Cc1cccc(N)n1. The molecule has 1 heterocycles. The van der Waals surface area contributed by atoms with Crippen LogP contribution in [-0.4, -0.2) is 11.5 Å². The number of aromatic nitrogens is 1. The third kappa shape index (κ3) is 3.14. The first-order chi connectivity index (χ1) is 6.33. The summed E-state index contributed by atoms with van der Waals surface area (Å²) in [6.45, 7) is 0.146. The molecule has 1 rings (SSSR count). The summed E-state index contributed by atoms with van der Waals surface area (Å²) < 4.78 is 0. The van der Waals surface area contributed by atoms with Gasteiger partial charge in [-0.05, 0) is 23.6 Å². The van der Waals surface area contributed by atoms with E-state index in [1.54, 1.807) is 18.2 Å². The standard InChI is InChI=1S/C8H7N5/c9-8-5-1-3-7(12-8)4-2-6-11-13-10/h1,3,5H,6H2,(H2,9,12). The molecule has 0 spiro atoms. The number of nitrogens with two attached hydrogens (primary N) is 1. The largest absolute Gasteiger partial charge is 0.384 e. The molecule has 1 aromatic rings. The zero-order chi connectivity index (χ0) is 9.52. The predicted molar refractivity (Wildman–Crippen MR) is 49.5 cm³/mol. The summed E-state index contributed by atoms with van der Waals surface area (Å²) in [4.78, 5) is 6.50. The monoisotopic (exact) mass is 173 g/mol. The van der Waals surface area contributed by atoms with Crippen LogP contribution in [0, 0.1) is 11.8 Å². The number of hydrogen-bond acceptors (Lipinski definition) is 3. The Hall–Kier alpha value is -2.18. The average molecular weight is 173 g/mol. The van der Waals surface area contributed by atoms with E-state index in [-0.39, 0.29) is 6.54 Å². The van der Waals surface area contributed by atoms with Crippen molar-refractivity contribution in [3.63, 3.8) is 0 Å². The highest BCUT2D eigenvalue weighted by Crippen LogP contribution is 1.97. The molecule has 0 saturated heterocycles. The normalized spacial score (nSPS) is 8.00. The summed E-state index contributed by atoms with van der Waals surface area (Å²) in [5, 5.41) is 3.26. The fourth-order valence-corrected chi connectivity index (χ4v) is 0.718. The van der Waals surface area contributed by atoms with Gasteiger partial charge in [-0.1, -0.05) is 17.1 Å². The van der Waals surface area contributed by atoms with Crippen LogP contribution in [0.2, 0.25) is 0 Å². The molecule has 0 aliphatic heterocycles. The van der Waals surface area contributed by atoms with E-state index in [2.05, 4.69) is 26.9 Å². The molecule has 0 amide bonds. The Kier molecular flexibility index (Phi) is 3.19. The van der Waals surface area contributed by atoms with Gasteiger partial charge in [-0.2, -0.15) is 0 Å². The number of rotatable bonds is 1. The lowest BCUT2D eigenvalue weighted by molar-refractivity contribution is 1.24. The van der Waals surface area contributed by atoms with Gasteiger partial charge in [0.1, 0.15) is 11.5 Å². The zero-order valence-corrected chi connectivity index (χ0v) is 6.81. The molecule has 13 heavy (non-hydrogen) atoms. The highest BCUT2D eigenvalue weighted by molar-refractivity contribution is 5.36. The van der Waals surface area contributed by atoms with Crippen LogP contribution in [0.5, 0.6) is 0 Å². The van der Waals surface area contributed by atoms with Crippen LogP contribution >= 0.6 is 0 Å². The number of anilines is 1. The quantitative estimate of drug-likeness (QED) is 0.300. The van der Waals surface area contributed by atoms with Gasteiger partial charge in [0, 0.05) is 4.91 Å². The Labute approximate surface area is 75.2 Å². The smallest absolute Gasteiger partial charge is 0.124 e. The molecule has 0 radical (unpaired) electrons. The second-order valence-corrected chi connectivity index (χ2v) is 2.14. The number of nitrogen functional groups attached to an aromatic ring is 1. The third-order valence-electron chi connectivity index (χ3n) is 1.20. The molecule has 0 aliphatic carbocycles. The minimum absolute atomic E-state index is 0.146. The van der Waals surface area contributed by atoms with Gasteiger partial charge in [-0.25, -0.2) is 4.98 Å². The Morgan fingerprint density at radius 1 is 1.62 bits per heavy atom. The Morgan fingerprint density at radius 2 is 2.46 bits per heavy atom. The van der Waals surface area contributed by atoms with Crippen molar-refractivity contribution in [2.24, 2.45) is 5.11 Å². The first-order valence-electron chi connectivity index (χ1n) is 3.55. The van der Waals surface area contributed by atoms with Crippen molar-refractivity contribution in [1.29, 1.82) is 0 Å². The van der Waals surface area contributed by atoms with E-state index in [9.17, 15) is 0 Å². The average Bonchev–Trinajstić information content (AvgIpc) is 2.13. The molecule has 0 atom stereocenters. The summed E-state index contributed by atoms with van der Waals surface area (Å²) in [7, 11) is 0. The molecule has 2 N–H and O–H groups in total. The molecular weight excluding hydrogens is 166 g/mol. The van der Waals surface area contributed by atoms with E-state index in [4.69, 9.17) is 11.3 Å². The first kappa shape index (κ1) is 8.91. The summed E-state index contributed by atoms with van der Waals surface area (Å²) in [5.41, 5.74) is 14.0.